The molecule has 0 saturated carbocycles. The molecule has 1 aromatic rings. The second-order valence-electron chi connectivity index (χ2n) is 3.78. The molecule has 8 heteroatoms. The van der Waals surface area contributed by atoms with Gasteiger partial charge in [-0.2, -0.15) is 0 Å². The lowest BCUT2D eigenvalue weighted by atomic mass is 10.1. The van der Waals surface area contributed by atoms with E-state index in [2.05, 4.69) is 21.2 Å². The maximum Gasteiger partial charge on any atom is 0.333 e. The van der Waals surface area contributed by atoms with Crippen molar-refractivity contribution in [2.75, 3.05) is 13.2 Å². The molecule has 20 heavy (non-hydrogen) atoms. The third-order valence-corrected chi connectivity index (χ3v) is 3.66. The minimum Gasteiger partial charge on any atom is -0.506 e. The number of nitrogens with two attached hydrogens (primary N) is 1. The monoisotopic (exact) mass is 456 g/mol. The third kappa shape index (κ3) is 4.32. The molecule has 0 radical (unpaired) electrons. The lowest BCUT2D eigenvalue weighted by Crippen LogP contribution is -2.38. The predicted molar refractivity (Wildman–Crippen MR) is 85.1 cm³/mol. The fraction of sp³-hybridized carbons (Fsp3) is 0.333. The molecule has 1 atom stereocenters. The van der Waals surface area contributed by atoms with Gasteiger partial charge in [0.15, 0.2) is 6.04 Å². The molecule has 0 aliphatic rings. The van der Waals surface area contributed by atoms with E-state index < -0.39 is 17.9 Å². The van der Waals surface area contributed by atoms with E-state index in [1.165, 1.54) is 0 Å². The van der Waals surface area contributed by atoms with E-state index in [1.54, 1.807) is 19.1 Å². The molecule has 0 heterocycles. The summed E-state index contributed by atoms with van der Waals surface area (Å²) in [6, 6.07) is 2.14. The molecule has 6 nitrogen and oxygen atoms in total. The maximum absolute atomic E-state index is 12.0. The van der Waals surface area contributed by atoms with Gasteiger partial charge in [-0.05, 0) is 41.6 Å². The molecule has 1 amide bonds. The predicted octanol–water partition coefficient (Wildman–Crippen LogP) is 1.44. The van der Waals surface area contributed by atoms with Gasteiger partial charge in [0.1, 0.15) is 5.75 Å². The van der Waals surface area contributed by atoms with E-state index in [0.29, 0.717) is 8.04 Å². The Kier molecular flexibility index (Phi) is 6.69. The molecule has 0 aromatic heterocycles. The first-order valence-corrected chi connectivity index (χ1v) is 7.61. The number of amides is 1. The Hall–Kier alpha value is -0.870. The zero-order valence-corrected chi connectivity index (χ0v) is 14.4. The highest BCUT2D eigenvalue weighted by Crippen LogP contribution is 2.33. The van der Waals surface area contributed by atoms with Gasteiger partial charge in [-0.3, -0.25) is 4.79 Å². The number of phenolic OH excluding ortho intramolecular Hbond substituents is 1. The number of hydrogen-bond donors (Lipinski definition) is 3. The largest absolute Gasteiger partial charge is 0.506 e. The summed E-state index contributed by atoms with van der Waals surface area (Å²) in [5.74, 6) is -1.25. The molecule has 0 spiro atoms. The number of carbonyl (C=O) groups is 2. The van der Waals surface area contributed by atoms with E-state index in [0.717, 1.165) is 0 Å². The number of aromatic hydroxyl groups is 1. The van der Waals surface area contributed by atoms with Crippen molar-refractivity contribution in [1.29, 1.82) is 0 Å². The molecule has 110 valence electrons. The van der Waals surface area contributed by atoms with Gasteiger partial charge >= 0.3 is 5.97 Å². The number of esters is 1. The van der Waals surface area contributed by atoms with Crippen molar-refractivity contribution in [3.63, 3.8) is 0 Å². The van der Waals surface area contributed by atoms with Gasteiger partial charge in [0, 0.05) is 10.0 Å². The molecule has 0 saturated heterocycles. The standard InChI is InChI=1S/C12H14BrIN2O4/c1-2-20-12(19)10(16-9(17)5-15)7-3-6(13)4-8(14)11(7)18/h3-4,10,18H,2,5,15H2,1H3,(H,16,17)/t10-/m1/s1. The Morgan fingerprint density at radius 1 is 1.55 bits per heavy atom. The van der Waals surface area contributed by atoms with Gasteiger partial charge in [-0.15, -0.1) is 0 Å². The molecule has 4 N–H and O–H groups in total. The molecule has 0 aliphatic heterocycles. The normalized spacial score (nSPS) is 11.8. The summed E-state index contributed by atoms with van der Waals surface area (Å²) in [6.07, 6.45) is 0. The fourth-order valence-electron chi connectivity index (χ4n) is 1.52. The lowest BCUT2D eigenvalue weighted by Gasteiger charge is -2.19. The molecule has 0 fully saturated rings. The van der Waals surface area contributed by atoms with Crippen LogP contribution in [-0.2, 0) is 14.3 Å². The molecule has 0 aliphatic carbocycles. The van der Waals surface area contributed by atoms with Gasteiger partial charge in [0.2, 0.25) is 5.91 Å². The van der Waals surface area contributed by atoms with E-state index in [4.69, 9.17) is 10.5 Å². The SMILES string of the molecule is CCOC(=O)[C@H](NC(=O)CN)c1cc(Br)cc(I)c1O. The number of ether oxygens (including phenoxy) is 1. The molecule has 1 rings (SSSR count). The number of halogens is 2. The Bertz CT molecular complexity index is 524. The molecule has 1 aromatic carbocycles. The van der Waals surface area contributed by atoms with Crippen molar-refractivity contribution < 1.29 is 19.4 Å². The Labute approximate surface area is 138 Å². The quantitative estimate of drug-likeness (QED) is 0.459. The topological polar surface area (TPSA) is 102 Å². The van der Waals surface area contributed by atoms with Crippen LogP contribution >= 0.6 is 38.5 Å². The van der Waals surface area contributed by atoms with Crippen molar-refractivity contribution in [3.05, 3.63) is 25.7 Å². The minimum absolute atomic E-state index is 0.0795. The third-order valence-electron chi connectivity index (χ3n) is 2.38. The summed E-state index contributed by atoms with van der Waals surface area (Å²) in [5, 5.41) is 12.5. The summed E-state index contributed by atoms with van der Waals surface area (Å²) in [7, 11) is 0. The van der Waals surface area contributed by atoms with Crippen LogP contribution in [0.15, 0.2) is 16.6 Å². The van der Waals surface area contributed by atoms with Crippen LogP contribution in [0.5, 0.6) is 5.75 Å². The van der Waals surface area contributed by atoms with Crippen LogP contribution in [0.2, 0.25) is 0 Å². The van der Waals surface area contributed by atoms with Crippen molar-refractivity contribution in [2.24, 2.45) is 5.73 Å². The first-order valence-electron chi connectivity index (χ1n) is 5.74. The molecular formula is C12H14BrIN2O4. The van der Waals surface area contributed by atoms with E-state index in [1.807, 2.05) is 22.6 Å². The van der Waals surface area contributed by atoms with Crippen LogP contribution in [-0.4, -0.2) is 30.1 Å². The first kappa shape index (κ1) is 17.2. The smallest absolute Gasteiger partial charge is 0.333 e. The number of benzene rings is 1. The summed E-state index contributed by atoms with van der Waals surface area (Å²) in [6.45, 7) is 1.56. The van der Waals surface area contributed by atoms with Crippen molar-refractivity contribution >= 4 is 50.4 Å². The van der Waals surface area contributed by atoms with Gasteiger partial charge in [0.05, 0.1) is 16.7 Å². The number of phenols is 1. The number of carbonyl (C=O) groups excluding carboxylic acids is 2. The van der Waals surface area contributed by atoms with Crippen LogP contribution in [0.4, 0.5) is 0 Å². The van der Waals surface area contributed by atoms with E-state index in [-0.39, 0.29) is 24.5 Å². The average Bonchev–Trinajstić information content (AvgIpc) is 2.40. The Balaban J connectivity index is 3.22. The first-order chi connectivity index (χ1) is 9.40. The van der Waals surface area contributed by atoms with Crippen molar-refractivity contribution in [2.45, 2.75) is 13.0 Å². The summed E-state index contributed by atoms with van der Waals surface area (Å²) in [4.78, 5) is 23.4. The van der Waals surface area contributed by atoms with Crippen LogP contribution in [0, 0.1) is 3.57 Å². The van der Waals surface area contributed by atoms with E-state index >= 15 is 0 Å². The summed E-state index contributed by atoms with van der Waals surface area (Å²) in [5.41, 5.74) is 5.49. The minimum atomic E-state index is -1.10. The highest BCUT2D eigenvalue weighted by atomic mass is 127. The van der Waals surface area contributed by atoms with Crippen molar-refractivity contribution in [1.82, 2.24) is 5.32 Å². The highest BCUT2D eigenvalue weighted by molar-refractivity contribution is 14.1. The average molecular weight is 457 g/mol. The van der Waals surface area contributed by atoms with Crippen LogP contribution in [0.1, 0.15) is 18.5 Å². The maximum atomic E-state index is 12.0. The fourth-order valence-corrected chi connectivity index (χ4v) is 3.07. The van der Waals surface area contributed by atoms with Crippen LogP contribution < -0.4 is 11.1 Å². The van der Waals surface area contributed by atoms with Gasteiger partial charge in [0.25, 0.3) is 0 Å². The zero-order valence-electron chi connectivity index (χ0n) is 10.7. The zero-order chi connectivity index (χ0) is 15.3. The lowest BCUT2D eigenvalue weighted by molar-refractivity contribution is -0.147. The molecular weight excluding hydrogens is 443 g/mol. The highest BCUT2D eigenvalue weighted by Gasteiger charge is 2.27. The van der Waals surface area contributed by atoms with Crippen LogP contribution in [0.3, 0.4) is 0 Å². The molecule has 0 unspecified atom stereocenters. The number of nitrogens with one attached hydrogen (secondary N) is 1. The number of hydrogen-bond acceptors (Lipinski definition) is 5. The second kappa shape index (κ2) is 7.79. The number of rotatable bonds is 5. The summed E-state index contributed by atoms with van der Waals surface area (Å²) < 4.78 is 6.13. The second-order valence-corrected chi connectivity index (χ2v) is 5.86. The Morgan fingerprint density at radius 3 is 2.75 bits per heavy atom. The van der Waals surface area contributed by atoms with Gasteiger partial charge in [-0.1, -0.05) is 15.9 Å². The van der Waals surface area contributed by atoms with E-state index in [9.17, 15) is 14.7 Å². The van der Waals surface area contributed by atoms with Crippen LogP contribution in [0.25, 0.3) is 0 Å². The summed E-state index contributed by atoms with van der Waals surface area (Å²) >= 11 is 5.21. The van der Waals surface area contributed by atoms with Gasteiger partial charge in [-0.25, -0.2) is 4.79 Å². The molecule has 0 bridgehead atoms. The van der Waals surface area contributed by atoms with Gasteiger partial charge < -0.3 is 20.9 Å². The Morgan fingerprint density at radius 2 is 2.20 bits per heavy atom. The van der Waals surface area contributed by atoms with Crippen molar-refractivity contribution in [3.8, 4) is 5.75 Å².